The molecule has 0 saturated carbocycles. The largest absolute Gasteiger partial charge is 0.369 e. The summed E-state index contributed by atoms with van der Waals surface area (Å²) in [6.07, 6.45) is 2.70. The summed E-state index contributed by atoms with van der Waals surface area (Å²) >= 11 is 6.23. The van der Waals surface area contributed by atoms with Crippen LogP contribution in [0.2, 0.25) is 5.02 Å². The monoisotopic (exact) mass is 494 g/mol. The summed E-state index contributed by atoms with van der Waals surface area (Å²) < 4.78 is 0. The van der Waals surface area contributed by atoms with Gasteiger partial charge >= 0.3 is 0 Å². The molecule has 1 unspecified atom stereocenters. The first-order chi connectivity index (χ1) is 11.8. The molecule has 26 heavy (non-hydrogen) atoms. The second kappa shape index (κ2) is 10.1. The number of aromatic nitrogens is 1. The van der Waals surface area contributed by atoms with E-state index >= 15 is 0 Å². The first-order valence-corrected chi connectivity index (χ1v) is 8.91. The number of rotatable bonds is 6. The molecule has 1 aromatic rings. The van der Waals surface area contributed by atoms with Gasteiger partial charge in [0.1, 0.15) is 5.82 Å². The Hall–Kier alpha value is -1.29. The Morgan fingerprint density at radius 3 is 2.88 bits per heavy atom. The lowest BCUT2D eigenvalue weighted by molar-refractivity contribution is -0.125. The molecule has 1 atom stereocenters. The van der Waals surface area contributed by atoms with Gasteiger partial charge in [0.05, 0.1) is 17.0 Å². The van der Waals surface area contributed by atoms with Crippen molar-refractivity contribution in [3.8, 4) is 0 Å². The van der Waals surface area contributed by atoms with Gasteiger partial charge in [-0.3, -0.25) is 9.79 Å². The van der Waals surface area contributed by atoms with Crippen LogP contribution in [0, 0.1) is 5.41 Å². The highest BCUT2D eigenvalue weighted by Crippen LogP contribution is 2.25. The molecule has 1 amide bonds. The Morgan fingerprint density at radius 1 is 1.54 bits per heavy atom. The molecular formula is C17H28ClIN6O. The van der Waals surface area contributed by atoms with Crippen molar-refractivity contribution in [3.05, 3.63) is 23.4 Å². The van der Waals surface area contributed by atoms with Crippen molar-refractivity contribution >= 4 is 53.3 Å². The number of nitrogens with one attached hydrogen (secondary N) is 2. The molecule has 0 aromatic carbocycles. The van der Waals surface area contributed by atoms with Gasteiger partial charge in [0.2, 0.25) is 5.91 Å². The average molecular weight is 495 g/mol. The molecule has 146 valence electrons. The highest BCUT2D eigenvalue weighted by Gasteiger charge is 2.27. The van der Waals surface area contributed by atoms with Gasteiger partial charge in [-0.25, -0.2) is 4.98 Å². The first kappa shape index (κ1) is 22.8. The zero-order chi connectivity index (χ0) is 18.4. The van der Waals surface area contributed by atoms with Crippen LogP contribution >= 0.6 is 35.6 Å². The van der Waals surface area contributed by atoms with Gasteiger partial charge in [0.15, 0.2) is 5.96 Å². The van der Waals surface area contributed by atoms with Crippen LogP contribution in [-0.4, -0.2) is 49.1 Å². The van der Waals surface area contributed by atoms with Gasteiger partial charge in [-0.2, -0.15) is 0 Å². The van der Waals surface area contributed by atoms with E-state index in [1.807, 2.05) is 19.1 Å². The van der Waals surface area contributed by atoms with E-state index in [4.69, 9.17) is 17.3 Å². The fourth-order valence-electron chi connectivity index (χ4n) is 2.55. The van der Waals surface area contributed by atoms with Gasteiger partial charge in [0, 0.05) is 31.9 Å². The van der Waals surface area contributed by atoms with E-state index in [0.29, 0.717) is 17.5 Å². The van der Waals surface area contributed by atoms with Crippen molar-refractivity contribution < 1.29 is 4.79 Å². The molecule has 9 heteroatoms. The lowest BCUT2D eigenvalue weighted by Gasteiger charge is -2.22. The van der Waals surface area contributed by atoms with Crippen LogP contribution in [0.25, 0.3) is 0 Å². The number of halogens is 2. The molecule has 0 aliphatic carbocycles. The first-order valence-electron chi connectivity index (χ1n) is 8.53. The molecule has 2 rings (SSSR count). The Morgan fingerprint density at radius 2 is 2.27 bits per heavy atom. The van der Waals surface area contributed by atoms with Crippen molar-refractivity contribution in [1.82, 2.24) is 15.6 Å². The number of guanidine groups is 1. The maximum absolute atomic E-state index is 11.5. The number of carbonyl (C=O) groups is 1. The molecule has 1 aliphatic rings. The second-order valence-electron chi connectivity index (χ2n) is 6.83. The number of aliphatic imine (C=N–C) groups is 1. The number of amides is 1. The van der Waals surface area contributed by atoms with Crippen LogP contribution in [0.1, 0.15) is 27.2 Å². The number of anilines is 1. The maximum atomic E-state index is 11.5. The van der Waals surface area contributed by atoms with E-state index < -0.39 is 5.41 Å². The van der Waals surface area contributed by atoms with Crippen molar-refractivity contribution in [3.63, 3.8) is 0 Å². The molecule has 0 radical (unpaired) electrons. The quantitative estimate of drug-likeness (QED) is 0.319. The standard InChI is InChI=1S/C17H27ClN6O.HI/c1-4-20-16(22-11-17(2,3)15(19)25)23-12-7-9-24(10-12)14-13(18)6-5-8-21-14;/h5-6,8,12H,4,7,9-11H2,1-3H3,(H2,19,25)(H2,20,22,23);1H. The normalized spacial score (nSPS) is 17.6. The Bertz CT molecular complexity index is 639. The van der Waals surface area contributed by atoms with E-state index in [1.165, 1.54) is 0 Å². The molecule has 0 spiro atoms. The van der Waals surface area contributed by atoms with Gasteiger partial charge in [-0.1, -0.05) is 11.6 Å². The summed E-state index contributed by atoms with van der Waals surface area (Å²) in [5.74, 6) is 1.14. The van der Waals surface area contributed by atoms with Crippen molar-refractivity contribution in [2.45, 2.75) is 33.2 Å². The summed E-state index contributed by atoms with van der Waals surface area (Å²) in [6, 6.07) is 3.91. The zero-order valence-corrected chi connectivity index (χ0v) is 18.5. The van der Waals surface area contributed by atoms with Crippen molar-refractivity contribution in [2.75, 3.05) is 31.1 Å². The third-order valence-corrected chi connectivity index (χ3v) is 4.51. The van der Waals surface area contributed by atoms with Crippen molar-refractivity contribution in [1.29, 1.82) is 0 Å². The molecule has 1 saturated heterocycles. The minimum Gasteiger partial charge on any atom is -0.369 e. The third kappa shape index (κ3) is 6.15. The number of primary amides is 1. The minimum atomic E-state index is -0.675. The molecule has 4 N–H and O–H groups in total. The van der Waals surface area contributed by atoms with E-state index in [-0.39, 0.29) is 35.9 Å². The van der Waals surface area contributed by atoms with E-state index in [9.17, 15) is 4.79 Å². The van der Waals surface area contributed by atoms with E-state index in [1.54, 1.807) is 20.0 Å². The van der Waals surface area contributed by atoms with Gasteiger partial charge < -0.3 is 21.3 Å². The van der Waals surface area contributed by atoms with Crippen LogP contribution in [0.4, 0.5) is 5.82 Å². The van der Waals surface area contributed by atoms with Gasteiger partial charge in [-0.05, 0) is 39.3 Å². The Balaban J connectivity index is 0.00000338. The molecule has 1 aliphatic heterocycles. The van der Waals surface area contributed by atoms with Crippen LogP contribution < -0.4 is 21.3 Å². The highest BCUT2D eigenvalue weighted by molar-refractivity contribution is 14.0. The second-order valence-corrected chi connectivity index (χ2v) is 7.24. The smallest absolute Gasteiger partial charge is 0.224 e. The van der Waals surface area contributed by atoms with Crippen LogP contribution in [-0.2, 0) is 4.79 Å². The van der Waals surface area contributed by atoms with E-state index in [0.717, 1.165) is 31.9 Å². The zero-order valence-electron chi connectivity index (χ0n) is 15.5. The molecular weight excluding hydrogens is 467 g/mol. The average Bonchev–Trinajstić information content (AvgIpc) is 3.01. The molecule has 0 bridgehead atoms. The summed E-state index contributed by atoms with van der Waals surface area (Å²) in [4.78, 5) is 22.5. The minimum absolute atomic E-state index is 0. The van der Waals surface area contributed by atoms with Gasteiger partial charge in [0.25, 0.3) is 0 Å². The summed E-state index contributed by atoms with van der Waals surface area (Å²) in [7, 11) is 0. The highest BCUT2D eigenvalue weighted by atomic mass is 127. The number of hydrogen-bond acceptors (Lipinski definition) is 4. The number of nitrogens with zero attached hydrogens (tertiary/aromatic N) is 3. The number of carbonyl (C=O) groups excluding carboxylic acids is 1. The lowest BCUT2D eigenvalue weighted by Crippen LogP contribution is -2.45. The summed E-state index contributed by atoms with van der Waals surface area (Å²) in [5.41, 5.74) is 4.74. The molecule has 7 nitrogen and oxygen atoms in total. The number of pyridine rings is 1. The summed E-state index contributed by atoms with van der Waals surface area (Å²) in [5, 5.41) is 7.29. The fourth-order valence-corrected chi connectivity index (χ4v) is 2.79. The molecule has 2 heterocycles. The van der Waals surface area contributed by atoms with Gasteiger partial charge in [-0.15, -0.1) is 24.0 Å². The van der Waals surface area contributed by atoms with Crippen LogP contribution in [0.3, 0.4) is 0 Å². The van der Waals surface area contributed by atoms with E-state index in [2.05, 4.69) is 25.5 Å². The Kier molecular flexibility index (Phi) is 8.88. The maximum Gasteiger partial charge on any atom is 0.224 e. The van der Waals surface area contributed by atoms with Crippen LogP contribution in [0.5, 0.6) is 0 Å². The van der Waals surface area contributed by atoms with Crippen molar-refractivity contribution in [2.24, 2.45) is 16.1 Å². The molecule has 1 fully saturated rings. The Labute approximate surface area is 177 Å². The number of nitrogens with two attached hydrogens (primary N) is 1. The molecule has 1 aromatic heterocycles. The predicted molar refractivity (Wildman–Crippen MR) is 117 cm³/mol. The summed E-state index contributed by atoms with van der Waals surface area (Å²) in [6.45, 7) is 8.34. The fraction of sp³-hybridized carbons (Fsp3) is 0.588. The topological polar surface area (TPSA) is 95.6 Å². The van der Waals surface area contributed by atoms with Crippen LogP contribution in [0.15, 0.2) is 23.3 Å². The third-order valence-electron chi connectivity index (χ3n) is 4.21. The number of hydrogen-bond donors (Lipinski definition) is 3. The predicted octanol–water partition coefficient (Wildman–Crippen LogP) is 2.00. The SMILES string of the molecule is CCNC(=NCC(C)(C)C(N)=O)NC1CCN(c2ncccc2Cl)C1.I. The lowest BCUT2D eigenvalue weighted by atomic mass is 9.93.